The Kier molecular flexibility index (Phi) is 2.11. The molecule has 0 aliphatic carbocycles. The van der Waals surface area contributed by atoms with E-state index in [4.69, 9.17) is 10.5 Å². The van der Waals surface area contributed by atoms with Gasteiger partial charge in [-0.2, -0.15) is 0 Å². The summed E-state index contributed by atoms with van der Waals surface area (Å²) in [6, 6.07) is 7.33. The molecule has 2 rings (SSSR count). The molecule has 0 radical (unpaired) electrons. The van der Waals surface area contributed by atoms with Crippen LogP contribution in [-0.4, -0.2) is 10.9 Å². The maximum atomic E-state index is 11.6. The van der Waals surface area contributed by atoms with Gasteiger partial charge in [-0.1, -0.05) is 24.3 Å². The summed E-state index contributed by atoms with van der Waals surface area (Å²) in [7, 11) is 0. The SMILES string of the molecule is Cc1ccccc1[C@@H]1OC(N)=C(O)C1=O. The molecule has 1 aromatic carbocycles. The minimum atomic E-state index is -0.800. The van der Waals surface area contributed by atoms with Crippen molar-refractivity contribution in [3.63, 3.8) is 0 Å². The minimum Gasteiger partial charge on any atom is -0.501 e. The lowest BCUT2D eigenvalue weighted by molar-refractivity contribution is -0.123. The van der Waals surface area contributed by atoms with E-state index in [0.29, 0.717) is 0 Å². The summed E-state index contributed by atoms with van der Waals surface area (Å²) in [6.07, 6.45) is -0.800. The standard InChI is InChI=1S/C11H11NO3/c1-6-4-2-3-5-7(6)10-8(13)9(14)11(12)15-10/h2-5,10,14H,12H2,1H3/t10-/m0/s1. The molecule has 1 heterocycles. The van der Waals surface area contributed by atoms with Crippen LogP contribution in [0.3, 0.4) is 0 Å². The third-order valence-electron chi connectivity index (χ3n) is 2.42. The first-order valence-electron chi connectivity index (χ1n) is 4.56. The zero-order valence-electron chi connectivity index (χ0n) is 8.23. The Balaban J connectivity index is 2.37. The Hall–Kier alpha value is -1.97. The Morgan fingerprint density at radius 3 is 2.60 bits per heavy atom. The lowest BCUT2D eigenvalue weighted by Crippen LogP contribution is -2.11. The first kappa shape index (κ1) is 9.58. The van der Waals surface area contributed by atoms with Gasteiger partial charge >= 0.3 is 0 Å². The maximum absolute atomic E-state index is 11.6. The van der Waals surface area contributed by atoms with Gasteiger partial charge in [0.15, 0.2) is 6.10 Å². The lowest BCUT2D eigenvalue weighted by Gasteiger charge is -2.12. The number of carbonyl (C=O) groups is 1. The number of benzene rings is 1. The molecule has 0 saturated carbocycles. The number of aryl methyl sites for hydroxylation is 1. The lowest BCUT2D eigenvalue weighted by atomic mass is 10.0. The molecule has 0 bridgehead atoms. The second kappa shape index (κ2) is 3.31. The summed E-state index contributed by atoms with van der Waals surface area (Å²) in [6.45, 7) is 1.87. The van der Waals surface area contributed by atoms with Crippen molar-refractivity contribution >= 4 is 5.78 Å². The summed E-state index contributed by atoms with van der Waals surface area (Å²) in [5, 5.41) is 9.27. The molecule has 3 N–H and O–H groups in total. The highest BCUT2D eigenvalue weighted by atomic mass is 16.5. The quantitative estimate of drug-likeness (QED) is 0.725. The van der Waals surface area contributed by atoms with Gasteiger partial charge in [0, 0.05) is 5.56 Å². The van der Waals surface area contributed by atoms with E-state index in [1.165, 1.54) is 0 Å². The molecule has 1 aliphatic rings. The summed E-state index contributed by atoms with van der Waals surface area (Å²) in [5.41, 5.74) is 6.99. The van der Waals surface area contributed by atoms with Crippen molar-refractivity contribution < 1.29 is 14.6 Å². The van der Waals surface area contributed by atoms with E-state index in [9.17, 15) is 9.90 Å². The van der Waals surface area contributed by atoms with Crippen LogP contribution in [0.2, 0.25) is 0 Å². The number of aliphatic hydroxyl groups excluding tert-OH is 1. The highest BCUT2D eigenvalue weighted by molar-refractivity contribution is 5.99. The van der Waals surface area contributed by atoms with Crippen LogP contribution in [0.1, 0.15) is 17.2 Å². The van der Waals surface area contributed by atoms with E-state index in [0.717, 1.165) is 11.1 Å². The van der Waals surface area contributed by atoms with Crippen LogP contribution in [0, 0.1) is 6.92 Å². The number of nitrogens with two attached hydrogens (primary N) is 1. The fourth-order valence-corrected chi connectivity index (χ4v) is 1.57. The van der Waals surface area contributed by atoms with Gasteiger partial charge < -0.3 is 15.6 Å². The topological polar surface area (TPSA) is 72.6 Å². The normalized spacial score (nSPS) is 20.6. The molecule has 0 spiro atoms. The average molecular weight is 205 g/mol. The predicted octanol–water partition coefficient (Wildman–Crippen LogP) is 1.32. The van der Waals surface area contributed by atoms with Crippen molar-refractivity contribution in [3.05, 3.63) is 47.0 Å². The van der Waals surface area contributed by atoms with E-state index in [1.807, 2.05) is 25.1 Å². The van der Waals surface area contributed by atoms with E-state index in [-0.39, 0.29) is 5.88 Å². The first-order valence-corrected chi connectivity index (χ1v) is 4.56. The van der Waals surface area contributed by atoms with Gasteiger partial charge in [0.05, 0.1) is 0 Å². The van der Waals surface area contributed by atoms with Gasteiger partial charge in [-0.3, -0.25) is 4.79 Å². The highest BCUT2D eigenvalue weighted by Gasteiger charge is 2.35. The van der Waals surface area contributed by atoms with Crippen LogP contribution in [-0.2, 0) is 9.53 Å². The fourth-order valence-electron chi connectivity index (χ4n) is 1.57. The van der Waals surface area contributed by atoms with Gasteiger partial charge in [-0.05, 0) is 12.5 Å². The number of ether oxygens (including phenoxy) is 1. The smallest absolute Gasteiger partial charge is 0.247 e. The molecular weight excluding hydrogens is 194 g/mol. The van der Waals surface area contributed by atoms with Crippen molar-refractivity contribution in [2.45, 2.75) is 13.0 Å². The second-order valence-electron chi connectivity index (χ2n) is 3.43. The molecule has 0 fully saturated rings. The number of hydrogen-bond donors (Lipinski definition) is 2. The number of ketones is 1. The Morgan fingerprint density at radius 2 is 2.07 bits per heavy atom. The third-order valence-corrected chi connectivity index (χ3v) is 2.42. The number of aliphatic hydroxyl groups is 1. The Morgan fingerprint density at radius 1 is 1.40 bits per heavy atom. The van der Waals surface area contributed by atoms with Crippen LogP contribution in [0.15, 0.2) is 35.9 Å². The summed E-state index contributed by atoms with van der Waals surface area (Å²) >= 11 is 0. The summed E-state index contributed by atoms with van der Waals surface area (Å²) in [4.78, 5) is 11.6. The van der Waals surface area contributed by atoms with Crippen molar-refractivity contribution in [1.29, 1.82) is 0 Å². The van der Waals surface area contributed by atoms with Crippen molar-refractivity contribution in [1.82, 2.24) is 0 Å². The molecule has 1 atom stereocenters. The molecule has 0 aromatic heterocycles. The van der Waals surface area contributed by atoms with Gasteiger partial charge in [0.2, 0.25) is 17.4 Å². The van der Waals surface area contributed by atoms with Gasteiger partial charge in [-0.25, -0.2) is 0 Å². The fraction of sp³-hybridized carbons (Fsp3) is 0.182. The van der Waals surface area contributed by atoms with Crippen LogP contribution < -0.4 is 5.73 Å². The van der Waals surface area contributed by atoms with Crippen LogP contribution in [0.5, 0.6) is 0 Å². The Bertz CT molecular complexity index is 451. The van der Waals surface area contributed by atoms with E-state index in [2.05, 4.69) is 0 Å². The van der Waals surface area contributed by atoms with Gasteiger partial charge in [-0.15, -0.1) is 0 Å². The van der Waals surface area contributed by atoms with E-state index >= 15 is 0 Å². The molecular formula is C11H11NO3. The maximum Gasteiger partial charge on any atom is 0.247 e. The molecule has 0 saturated heterocycles. The summed E-state index contributed by atoms with van der Waals surface area (Å²) in [5.74, 6) is -1.17. The number of Topliss-reactive ketones (excluding diaryl/α,β-unsaturated/α-hetero) is 1. The third kappa shape index (κ3) is 1.44. The van der Waals surface area contributed by atoms with Crippen molar-refractivity contribution in [2.75, 3.05) is 0 Å². The zero-order valence-corrected chi connectivity index (χ0v) is 8.23. The second-order valence-corrected chi connectivity index (χ2v) is 3.43. The molecule has 4 nitrogen and oxygen atoms in total. The van der Waals surface area contributed by atoms with Gasteiger partial charge in [0.1, 0.15) is 0 Å². The molecule has 1 aliphatic heterocycles. The van der Waals surface area contributed by atoms with Crippen molar-refractivity contribution in [2.24, 2.45) is 5.73 Å². The van der Waals surface area contributed by atoms with E-state index in [1.54, 1.807) is 6.07 Å². The van der Waals surface area contributed by atoms with Crippen LogP contribution >= 0.6 is 0 Å². The number of hydrogen-bond acceptors (Lipinski definition) is 4. The molecule has 0 amide bonds. The number of rotatable bonds is 1. The Labute approximate surface area is 87.0 Å². The average Bonchev–Trinajstić information content (AvgIpc) is 2.47. The monoisotopic (exact) mass is 205 g/mol. The highest BCUT2D eigenvalue weighted by Crippen LogP contribution is 2.31. The predicted molar refractivity (Wildman–Crippen MR) is 53.9 cm³/mol. The van der Waals surface area contributed by atoms with Crippen molar-refractivity contribution in [3.8, 4) is 0 Å². The number of carbonyl (C=O) groups excluding carboxylic acids is 1. The van der Waals surface area contributed by atoms with E-state index < -0.39 is 17.6 Å². The minimum absolute atomic E-state index is 0.201. The summed E-state index contributed by atoms with van der Waals surface area (Å²) < 4.78 is 5.11. The first-order chi connectivity index (χ1) is 7.11. The van der Waals surface area contributed by atoms with Crippen LogP contribution in [0.25, 0.3) is 0 Å². The van der Waals surface area contributed by atoms with Crippen LogP contribution in [0.4, 0.5) is 0 Å². The largest absolute Gasteiger partial charge is 0.501 e. The van der Waals surface area contributed by atoms with Gasteiger partial charge in [0.25, 0.3) is 0 Å². The molecule has 4 heteroatoms. The molecule has 0 unspecified atom stereocenters. The molecule has 78 valence electrons. The zero-order chi connectivity index (χ0) is 11.0. The molecule has 1 aromatic rings. The molecule has 15 heavy (non-hydrogen) atoms.